The molecule has 0 atom stereocenters. The third kappa shape index (κ3) is 3.46. The van der Waals surface area contributed by atoms with E-state index in [1.54, 1.807) is 18.2 Å². The first-order valence-electron chi connectivity index (χ1n) is 5.92. The van der Waals surface area contributed by atoms with Crippen LogP contribution in [0.3, 0.4) is 0 Å². The smallest absolute Gasteiger partial charge is 0.264 e. The van der Waals surface area contributed by atoms with Crippen molar-refractivity contribution in [3.63, 3.8) is 0 Å². The van der Waals surface area contributed by atoms with Gasteiger partial charge in [-0.05, 0) is 36.4 Å². The number of primary amides is 1. The van der Waals surface area contributed by atoms with Crippen molar-refractivity contribution >= 4 is 21.8 Å². The molecule has 3 N–H and O–H groups in total. The molecule has 7 heteroatoms. The van der Waals surface area contributed by atoms with Gasteiger partial charge in [-0.25, -0.2) is 13.1 Å². The van der Waals surface area contributed by atoms with Gasteiger partial charge in [0.1, 0.15) is 0 Å². The Morgan fingerprint density at radius 1 is 0.857 bits per heavy atom. The molecular formula is C14H12N2O4S. The fourth-order valence-electron chi connectivity index (χ4n) is 1.63. The molecule has 2 rings (SSSR count). The summed E-state index contributed by atoms with van der Waals surface area (Å²) >= 11 is 0. The lowest BCUT2D eigenvalue weighted by Gasteiger charge is -2.07. The standard InChI is InChI=1S/C14H12N2O4S/c15-13(17)10-6-8-12(9-7-10)21(19,20)16-14(18)11-4-2-1-3-5-11/h1-9H,(H2,15,17)(H,16,18). The van der Waals surface area contributed by atoms with E-state index in [4.69, 9.17) is 5.73 Å². The van der Waals surface area contributed by atoms with Crippen LogP contribution < -0.4 is 10.5 Å². The third-order valence-corrected chi connectivity index (χ3v) is 4.06. The summed E-state index contributed by atoms with van der Waals surface area (Å²) in [5.41, 5.74) is 5.49. The Labute approximate surface area is 121 Å². The van der Waals surface area contributed by atoms with Crippen molar-refractivity contribution in [2.45, 2.75) is 4.90 Å². The Hall–Kier alpha value is -2.67. The van der Waals surface area contributed by atoms with Gasteiger partial charge in [-0.2, -0.15) is 0 Å². The van der Waals surface area contributed by atoms with E-state index in [-0.39, 0.29) is 16.0 Å². The Morgan fingerprint density at radius 2 is 1.43 bits per heavy atom. The Balaban J connectivity index is 2.22. The number of rotatable bonds is 4. The number of benzene rings is 2. The molecule has 6 nitrogen and oxygen atoms in total. The fraction of sp³-hybridized carbons (Fsp3) is 0. The molecule has 0 saturated carbocycles. The van der Waals surface area contributed by atoms with E-state index >= 15 is 0 Å². The van der Waals surface area contributed by atoms with Crippen molar-refractivity contribution < 1.29 is 18.0 Å². The summed E-state index contributed by atoms with van der Waals surface area (Å²) in [4.78, 5) is 22.6. The Bertz CT molecular complexity index is 768. The minimum atomic E-state index is -4.00. The molecule has 0 spiro atoms. The second kappa shape index (κ2) is 5.76. The number of sulfonamides is 1. The first kappa shape index (κ1) is 14.7. The van der Waals surface area contributed by atoms with Crippen LogP contribution in [-0.4, -0.2) is 20.2 Å². The van der Waals surface area contributed by atoms with Crippen LogP contribution in [0.15, 0.2) is 59.5 Å². The van der Waals surface area contributed by atoms with Crippen molar-refractivity contribution in [3.8, 4) is 0 Å². The van der Waals surface area contributed by atoms with Gasteiger partial charge in [-0.1, -0.05) is 18.2 Å². The van der Waals surface area contributed by atoms with Gasteiger partial charge in [-0.15, -0.1) is 0 Å². The summed E-state index contributed by atoms with van der Waals surface area (Å²) in [5, 5.41) is 0. The third-order valence-electron chi connectivity index (χ3n) is 2.71. The summed E-state index contributed by atoms with van der Waals surface area (Å²) in [5.74, 6) is -1.39. The highest BCUT2D eigenvalue weighted by Gasteiger charge is 2.18. The summed E-state index contributed by atoms with van der Waals surface area (Å²) in [6, 6.07) is 13.0. The molecule has 0 aliphatic rings. The number of carbonyl (C=O) groups is 2. The molecule has 2 aromatic rings. The number of nitrogens with one attached hydrogen (secondary N) is 1. The number of hydrogen-bond donors (Lipinski definition) is 2. The van der Waals surface area contributed by atoms with E-state index in [1.165, 1.54) is 36.4 Å². The first-order valence-corrected chi connectivity index (χ1v) is 7.40. The second-order valence-corrected chi connectivity index (χ2v) is 5.87. The molecule has 0 aromatic heterocycles. The minimum Gasteiger partial charge on any atom is -0.366 e. The molecule has 2 amide bonds. The van der Waals surface area contributed by atoms with Crippen molar-refractivity contribution in [1.82, 2.24) is 4.72 Å². The van der Waals surface area contributed by atoms with Crippen LogP contribution in [0.25, 0.3) is 0 Å². The number of amides is 2. The molecule has 0 radical (unpaired) electrons. The molecule has 0 bridgehead atoms. The van der Waals surface area contributed by atoms with Crippen molar-refractivity contribution in [2.75, 3.05) is 0 Å². The lowest BCUT2D eigenvalue weighted by molar-refractivity contribution is 0.0977. The van der Waals surface area contributed by atoms with Crippen molar-refractivity contribution in [1.29, 1.82) is 0 Å². The van der Waals surface area contributed by atoms with Crippen LogP contribution in [0.5, 0.6) is 0 Å². The molecule has 2 aromatic carbocycles. The van der Waals surface area contributed by atoms with E-state index in [0.717, 1.165) is 0 Å². The lowest BCUT2D eigenvalue weighted by Crippen LogP contribution is -2.30. The zero-order chi connectivity index (χ0) is 15.5. The van der Waals surface area contributed by atoms with Gasteiger partial charge in [0.25, 0.3) is 15.9 Å². The van der Waals surface area contributed by atoms with Gasteiger partial charge in [0.05, 0.1) is 4.90 Å². The van der Waals surface area contributed by atoms with Crippen LogP contribution in [0, 0.1) is 0 Å². The van der Waals surface area contributed by atoms with Crippen LogP contribution in [0.2, 0.25) is 0 Å². The number of nitrogens with two attached hydrogens (primary N) is 1. The topological polar surface area (TPSA) is 106 Å². The summed E-state index contributed by atoms with van der Waals surface area (Å²) < 4.78 is 26.1. The lowest BCUT2D eigenvalue weighted by atomic mass is 10.2. The summed E-state index contributed by atoms with van der Waals surface area (Å²) in [6.45, 7) is 0. The monoisotopic (exact) mass is 304 g/mol. The summed E-state index contributed by atoms with van der Waals surface area (Å²) in [7, 11) is -4.00. The number of hydrogen-bond acceptors (Lipinski definition) is 4. The van der Waals surface area contributed by atoms with E-state index in [0.29, 0.717) is 0 Å². The van der Waals surface area contributed by atoms with Gasteiger partial charge >= 0.3 is 0 Å². The maximum atomic E-state index is 12.0. The molecule has 0 aliphatic heterocycles. The second-order valence-electron chi connectivity index (χ2n) is 4.19. The van der Waals surface area contributed by atoms with Crippen molar-refractivity contribution in [2.24, 2.45) is 5.73 Å². The average molecular weight is 304 g/mol. The maximum Gasteiger partial charge on any atom is 0.264 e. The predicted octanol–water partition coefficient (Wildman–Crippen LogP) is 0.904. The maximum absolute atomic E-state index is 12.0. The van der Waals surface area contributed by atoms with Crippen molar-refractivity contribution in [3.05, 3.63) is 65.7 Å². The molecule has 21 heavy (non-hydrogen) atoms. The summed E-state index contributed by atoms with van der Waals surface area (Å²) in [6.07, 6.45) is 0. The highest BCUT2D eigenvalue weighted by atomic mass is 32.2. The average Bonchev–Trinajstić information content (AvgIpc) is 2.48. The Morgan fingerprint density at radius 3 is 1.95 bits per heavy atom. The Kier molecular flexibility index (Phi) is 4.04. The molecular weight excluding hydrogens is 292 g/mol. The van der Waals surface area contributed by atoms with Gasteiger partial charge in [-0.3, -0.25) is 9.59 Å². The van der Waals surface area contributed by atoms with Gasteiger partial charge in [0.15, 0.2) is 0 Å². The van der Waals surface area contributed by atoms with Crippen LogP contribution in [0.1, 0.15) is 20.7 Å². The molecule has 108 valence electrons. The SMILES string of the molecule is NC(=O)c1ccc(S(=O)(=O)NC(=O)c2ccccc2)cc1. The van der Waals surface area contributed by atoms with Gasteiger partial charge in [0.2, 0.25) is 5.91 Å². The highest BCUT2D eigenvalue weighted by Crippen LogP contribution is 2.11. The molecule has 0 heterocycles. The molecule has 0 unspecified atom stereocenters. The quantitative estimate of drug-likeness (QED) is 0.875. The minimum absolute atomic E-state index is 0.128. The zero-order valence-electron chi connectivity index (χ0n) is 10.8. The van der Waals surface area contributed by atoms with Gasteiger partial charge in [0, 0.05) is 11.1 Å². The molecule has 0 saturated heterocycles. The van der Waals surface area contributed by atoms with Gasteiger partial charge < -0.3 is 5.73 Å². The highest BCUT2D eigenvalue weighted by molar-refractivity contribution is 7.90. The predicted molar refractivity (Wildman–Crippen MR) is 76.1 cm³/mol. The van der Waals surface area contributed by atoms with Crippen LogP contribution in [-0.2, 0) is 10.0 Å². The van der Waals surface area contributed by atoms with Crippen LogP contribution >= 0.6 is 0 Å². The largest absolute Gasteiger partial charge is 0.366 e. The molecule has 0 aliphatic carbocycles. The fourth-order valence-corrected chi connectivity index (χ4v) is 2.60. The zero-order valence-corrected chi connectivity index (χ0v) is 11.6. The molecule has 0 fully saturated rings. The van der Waals surface area contributed by atoms with E-state index in [1.807, 2.05) is 4.72 Å². The van der Waals surface area contributed by atoms with Crippen LogP contribution in [0.4, 0.5) is 0 Å². The van der Waals surface area contributed by atoms with E-state index in [2.05, 4.69) is 0 Å². The van der Waals surface area contributed by atoms with E-state index < -0.39 is 21.8 Å². The number of carbonyl (C=O) groups excluding carboxylic acids is 2. The van der Waals surface area contributed by atoms with E-state index in [9.17, 15) is 18.0 Å². The first-order chi connectivity index (χ1) is 9.90. The normalized spacial score (nSPS) is 10.9.